The molecule has 118 valence electrons. The van der Waals surface area contributed by atoms with Gasteiger partial charge in [0, 0.05) is 34.9 Å². The van der Waals surface area contributed by atoms with Crippen LogP contribution in [0.1, 0.15) is 27.8 Å². The zero-order valence-corrected chi connectivity index (χ0v) is 14.3. The van der Waals surface area contributed by atoms with E-state index in [4.69, 9.17) is 16.3 Å². The highest BCUT2D eigenvalue weighted by atomic mass is 35.5. The number of thiophene rings is 1. The van der Waals surface area contributed by atoms with Gasteiger partial charge >= 0.3 is 0 Å². The highest BCUT2D eigenvalue weighted by molar-refractivity contribution is 7.12. The van der Waals surface area contributed by atoms with Gasteiger partial charge in [-0.05, 0) is 43.2 Å². The largest absolute Gasteiger partial charge is 0.374 e. The van der Waals surface area contributed by atoms with E-state index >= 15 is 0 Å². The van der Waals surface area contributed by atoms with Crippen molar-refractivity contribution in [2.45, 2.75) is 25.9 Å². The normalized spacial score (nSPS) is 12.1. The van der Waals surface area contributed by atoms with Crippen LogP contribution in [0.25, 0.3) is 0 Å². The Kier molecular flexibility index (Phi) is 6.43. The number of methoxy groups -OCH3 is 1. The standard InChI is InChI=1S/C17H20ClNO2S/c1-12-6-8-16(22-12)15(21-2)11-19-17(20)9-7-13-4-3-5-14(18)10-13/h3-6,8,10,15H,7,9,11H2,1-2H3,(H,19,20). The summed E-state index contributed by atoms with van der Waals surface area (Å²) in [6.07, 6.45) is 1.04. The molecule has 1 amide bonds. The summed E-state index contributed by atoms with van der Waals surface area (Å²) in [5.74, 6) is 0.0234. The Morgan fingerprint density at radius 1 is 1.36 bits per heavy atom. The number of amides is 1. The molecule has 3 nitrogen and oxygen atoms in total. The number of carbonyl (C=O) groups excluding carboxylic acids is 1. The monoisotopic (exact) mass is 337 g/mol. The molecule has 2 rings (SSSR count). The zero-order valence-electron chi connectivity index (χ0n) is 12.8. The molecule has 1 N–H and O–H groups in total. The third-order valence-corrected chi connectivity index (χ3v) is 4.71. The highest BCUT2D eigenvalue weighted by Crippen LogP contribution is 2.24. The topological polar surface area (TPSA) is 38.3 Å². The summed E-state index contributed by atoms with van der Waals surface area (Å²) in [6, 6.07) is 11.7. The van der Waals surface area contributed by atoms with Gasteiger partial charge in [-0.1, -0.05) is 23.7 Å². The second-order valence-corrected chi connectivity index (χ2v) is 6.86. The number of benzene rings is 1. The second kappa shape index (κ2) is 8.32. The number of rotatable bonds is 7. The minimum absolute atomic E-state index is 0.0234. The van der Waals surface area contributed by atoms with Crippen LogP contribution < -0.4 is 5.32 Å². The van der Waals surface area contributed by atoms with Gasteiger partial charge in [0.15, 0.2) is 0 Å². The van der Waals surface area contributed by atoms with Crippen LogP contribution in [0.3, 0.4) is 0 Å². The van der Waals surface area contributed by atoms with Crippen LogP contribution in [0.5, 0.6) is 0 Å². The third kappa shape index (κ3) is 5.13. The Balaban J connectivity index is 1.79. The maximum atomic E-state index is 12.0. The van der Waals surface area contributed by atoms with Gasteiger partial charge in [0.05, 0.1) is 0 Å². The van der Waals surface area contributed by atoms with Gasteiger partial charge in [0.1, 0.15) is 6.10 Å². The van der Waals surface area contributed by atoms with Crippen molar-refractivity contribution in [3.63, 3.8) is 0 Å². The van der Waals surface area contributed by atoms with E-state index in [1.165, 1.54) is 4.88 Å². The molecule has 1 aromatic heterocycles. The van der Waals surface area contributed by atoms with E-state index in [1.54, 1.807) is 18.4 Å². The lowest BCUT2D eigenvalue weighted by Crippen LogP contribution is -2.29. The van der Waals surface area contributed by atoms with Crippen LogP contribution in [0, 0.1) is 6.92 Å². The molecular weight excluding hydrogens is 318 g/mol. The average molecular weight is 338 g/mol. The van der Waals surface area contributed by atoms with Gasteiger partial charge < -0.3 is 10.1 Å². The van der Waals surface area contributed by atoms with Crippen molar-refractivity contribution in [1.29, 1.82) is 0 Å². The summed E-state index contributed by atoms with van der Waals surface area (Å²) in [7, 11) is 1.66. The van der Waals surface area contributed by atoms with Crippen LogP contribution >= 0.6 is 22.9 Å². The van der Waals surface area contributed by atoms with E-state index in [0.29, 0.717) is 24.4 Å². The predicted octanol–water partition coefficient (Wildman–Crippen LogP) is 4.15. The van der Waals surface area contributed by atoms with E-state index in [0.717, 1.165) is 10.4 Å². The first-order valence-corrected chi connectivity index (χ1v) is 8.38. The van der Waals surface area contributed by atoms with E-state index < -0.39 is 0 Å². The van der Waals surface area contributed by atoms with E-state index in [1.807, 2.05) is 30.3 Å². The molecule has 1 atom stereocenters. The van der Waals surface area contributed by atoms with Crippen molar-refractivity contribution in [2.75, 3.05) is 13.7 Å². The van der Waals surface area contributed by atoms with Gasteiger partial charge in [-0.25, -0.2) is 0 Å². The molecule has 0 fully saturated rings. The molecular formula is C17H20ClNO2S. The Hall–Kier alpha value is -1.36. The lowest BCUT2D eigenvalue weighted by atomic mass is 10.1. The first kappa shape index (κ1) is 17.0. The van der Waals surface area contributed by atoms with E-state index in [2.05, 4.69) is 18.3 Å². The molecule has 2 aromatic rings. The van der Waals surface area contributed by atoms with Gasteiger partial charge in [0.25, 0.3) is 0 Å². The lowest BCUT2D eigenvalue weighted by Gasteiger charge is -2.14. The molecule has 0 radical (unpaired) electrons. The fraction of sp³-hybridized carbons (Fsp3) is 0.353. The molecule has 0 saturated heterocycles. The number of hydrogen-bond acceptors (Lipinski definition) is 3. The fourth-order valence-electron chi connectivity index (χ4n) is 2.17. The predicted molar refractivity (Wildman–Crippen MR) is 91.6 cm³/mol. The number of halogens is 1. The number of nitrogens with one attached hydrogen (secondary N) is 1. The van der Waals surface area contributed by atoms with Crippen molar-refractivity contribution in [3.8, 4) is 0 Å². The van der Waals surface area contributed by atoms with Gasteiger partial charge in [-0.2, -0.15) is 0 Å². The second-order valence-electron chi connectivity index (χ2n) is 5.11. The molecule has 0 aliphatic heterocycles. The maximum absolute atomic E-state index is 12.0. The number of carbonyl (C=O) groups is 1. The van der Waals surface area contributed by atoms with Crippen LogP contribution in [0.15, 0.2) is 36.4 Å². The third-order valence-electron chi connectivity index (χ3n) is 3.38. The molecule has 0 aliphatic carbocycles. The quantitative estimate of drug-likeness (QED) is 0.824. The Bertz CT molecular complexity index is 627. The average Bonchev–Trinajstić information content (AvgIpc) is 2.92. The highest BCUT2D eigenvalue weighted by Gasteiger charge is 2.13. The SMILES string of the molecule is COC(CNC(=O)CCc1cccc(Cl)c1)c1ccc(C)s1. The summed E-state index contributed by atoms with van der Waals surface area (Å²) >= 11 is 7.63. The van der Waals surface area contributed by atoms with Crippen molar-refractivity contribution in [1.82, 2.24) is 5.32 Å². The molecule has 22 heavy (non-hydrogen) atoms. The summed E-state index contributed by atoms with van der Waals surface area (Å²) in [5.41, 5.74) is 1.07. The molecule has 0 saturated carbocycles. The lowest BCUT2D eigenvalue weighted by molar-refractivity contribution is -0.121. The Labute approximate surface area is 140 Å². The van der Waals surface area contributed by atoms with Gasteiger partial charge in [0.2, 0.25) is 5.91 Å². The van der Waals surface area contributed by atoms with Crippen LogP contribution in [-0.4, -0.2) is 19.6 Å². The first-order chi connectivity index (χ1) is 10.6. The smallest absolute Gasteiger partial charge is 0.220 e. The van der Waals surface area contributed by atoms with Gasteiger partial charge in [-0.3, -0.25) is 4.79 Å². The minimum Gasteiger partial charge on any atom is -0.374 e. The minimum atomic E-state index is -0.0891. The fourth-order valence-corrected chi connectivity index (χ4v) is 3.34. The summed E-state index contributed by atoms with van der Waals surface area (Å²) < 4.78 is 5.46. The van der Waals surface area contributed by atoms with Crippen molar-refractivity contribution < 1.29 is 9.53 Å². The molecule has 0 bridgehead atoms. The molecule has 5 heteroatoms. The maximum Gasteiger partial charge on any atom is 0.220 e. The van der Waals surface area contributed by atoms with Gasteiger partial charge in [-0.15, -0.1) is 11.3 Å². The zero-order chi connectivity index (χ0) is 15.9. The van der Waals surface area contributed by atoms with Crippen LogP contribution in [0.2, 0.25) is 5.02 Å². The van der Waals surface area contributed by atoms with Crippen molar-refractivity contribution in [3.05, 3.63) is 56.7 Å². The Morgan fingerprint density at radius 2 is 2.18 bits per heavy atom. The van der Waals surface area contributed by atoms with E-state index in [-0.39, 0.29) is 12.0 Å². The number of ether oxygens (including phenoxy) is 1. The van der Waals surface area contributed by atoms with Crippen LogP contribution in [0.4, 0.5) is 0 Å². The van der Waals surface area contributed by atoms with E-state index in [9.17, 15) is 4.79 Å². The van der Waals surface area contributed by atoms with Crippen LogP contribution in [-0.2, 0) is 16.0 Å². The van der Waals surface area contributed by atoms with Crippen molar-refractivity contribution >= 4 is 28.8 Å². The molecule has 1 aromatic carbocycles. The summed E-state index contributed by atoms with van der Waals surface area (Å²) in [4.78, 5) is 14.3. The molecule has 1 unspecified atom stereocenters. The number of hydrogen-bond donors (Lipinski definition) is 1. The van der Waals surface area contributed by atoms with Crippen molar-refractivity contribution in [2.24, 2.45) is 0 Å². The first-order valence-electron chi connectivity index (χ1n) is 7.18. The summed E-state index contributed by atoms with van der Waals surface area (Å²) in [6.45, 7) is 2.55. The molecule has 1 heterocycles. The molecule has 0 aliphatic rings. The summed E-state index contributed by atoms with van der Waals surface area (Å²) in [5, 5.41) is 3.64. The molecule has 0 spiro atoms. The Morgan fingerprint density at radius 3 is 2.82 bits per heavy atom. The number of aryl methyl sites for hydroxylation is 2.